The van der Waals surface area contributed by atoms with Gasteiger partial charge >= 0.3 is 0 Å². The zero-order chi connectivity index (χ0) is 22.1. The fraction of sp³-hybridized carbons (Fsp3) is 0.458. The maximum Gasteiger partial charge on any atom is 0.191 e. The maximum absolute atomic E-state index is 5.51. The molecule has 0 spiro atoms. The quantitative estimate of drug-likeness (QED) is 0.211. The third-order valence-electron chi connectivity index (χ3n) is 5.44. The molecule has 7 nitrogen and oxygen atoms in total. The third kappa shape index (κ3) is 7.36. The molecule has 3 aromatic rings. The predicted molar refractivity (Wildman–Crippen MR) is 139 cm³/mol. The molecule has 0 bridgehead atoms. The van der Waals surface area contributed by atoms with Crippen molar-refractivity contribution in [3.8, 4) is 0 Å². The molecular formula is C24H35IN6O. The summed E-state index contributed by atoms with van der Waals surface area (Å²) in [7, 11) is 0. The lowest BCUT2D eigenvalue weighted by molar-refractivity contribution is 0.368. The van der Waals surface area contributed by atoms with Crippen LogP contribution in [0.25, 0.3) is 0 Å². The second-order valence-corrected chi connectivity index (χ2v) is 7.70. The van der Waals surface area contributed by atoms with Crippen LogP contribution in [0.5, 0.6) is 0 Å². The number of hydrogen-bond acceptors (Lipinski definition) is 4. The highest BCUT2D eigenvalue weighted by Gasteiger charge is 2.13. The highest BCUT2D eigenvalue weighted by molar-refractivity contribution is 14.0. The maximum atomic E-state index is 5.51. The molecule has 3 rings (SSSR count). The molecule has 8 heteroatoms. The van der Waals surface area contributed by atoms with Crippen LogP contribution in [-0.2, 0) is 19.6 Å². The van der Waals surface area contributed by atoms with Crippen molar-refractivity contribution in [3.05, 3.63) is 71.1 Å². The highest BCUT2D eigenvalue weighted by atomic mass is 127. The van der Waals surface area contributed by atoms with Crippen LogP contribution in [0.1, 0.15) is 67.9 Å². The fourth-order valence-electron chi connectivity index (χ4n) is 3.59. The lowest BCUT2D eigenvalue weighted by Gasteiger charge is -2.11. The summed E-state index contributed by atoms with van der Waals surface area (Å²) in [6.07, 6.45) is 5.98. The Hall–Kier alpha value is -2.36. The number of aliphatic imine (C=N–C) groups is 1. The van der Waals surface area contributed by atoms with Crippen molar-refractivity contribution in [1.29, 1.82) is 0 Å². The molecule has 0 fully saturated rings. The first kappa shape index (κ1) is 25.9. The summed E-state index contributed by atoms with van der Waals surface area (Å²) in [5.41, 5.74) is 3.44. The van der Waals surface area contributed by atoms with Gasteiger partial charge in [0.25, 0.3) is 0 Å². The molecular weight excluding hydrogens is 515 g/mol. The molecule has 0 aliphatic heterocycles. The minimum absolute atomic E-state index is 0. The van der Waals surface area contributed by atoms with Crippen LogP contribution in [0, 0.1) is 6.92 Å². The summed E-state index contributed by atoms with van der Waals surface area (Å²) < 4.78 is 7.65. The molecule has 2 N–H and O–H groups in total. The number of nitrogens with zero attached hydrogens (tertiary/aromatic N) is 4. The van der Waals surface area contributed by atoms with E-state index in [0.29, 0.717) is 19.0 Å². The van der Waals surface area contributed by atoms with Crippen molar-refractivity contribution in [2.24, 2.45) is 4.99 Å². The molecule has 0 amide bonds. The van der Waals surface area contributed by atoms with Crippen LogP contribution in [0.3, 0.4) is 0 Å². The van der Waals surface area contributed by atoms with Gasteiger partial charge in [-0.25, -0.2) is 9.98 Å². The van der Waals surface area contributed by atoms with Crippen molar-refractivity contribution in [3.63, 3.8) is 0 Å². The second-order valence-electron chi connectivity index (χ2n) is 7.70. The molecule has 0 saturated carbocycles. The van der Waals surface area contributed by atoms with Crippen molar-refractivity contribution in [2.45, 2.75) is 66.1 Å². The average molecular weight is 550 g/mol. The molecule has 1 aromatic carbocycles. The lowest BCUT2D eigenvalue weighted by Crippen LogP contribution is -2.36. The number of hydrogen-bond donors (Lipinski definition) is 2. The van der Waals surface area contributed by atoms with E-state index in [9.17, 15) is 0 Å². The lowest BCUT2D eigenvalue weighted by atomic mass is 9.99. The molecule has 0 aliphatic carbocycles. The van der Waals surface area contributed by atoms with Crippen molar-refractivity contribution in [1.82, 2.24) is 25.3 Å². The number of rotatable bonds is 10. The minimum Gasteiger partial charge on any atom is -0.359 e. The molecule has 0 saturated heterocycles. The van der Waals surface area contributed by atoms with Crippen LogP contribution in [0.15, 0.2) is 52.2 Å². The number of benzene rings is 1. The topological polar surface area (TPSA) is 80.3 Å². The van der Waals surface area contributed by atoms with Gasteiger partial charge in [0.1, 0.15) is 5.82 Å². The number of guanidine groups is 1. The SMILES string of the molecule is CCNC(=NCc1cccc(Cn2ccnc2C)c1)NCc1cc(C(CC)CC)no1.I. The van der Waals surface area contributed by atoms with Crippen LogP contribution in [0.4, 0.5) is 0 Å². The zero-order valence-corrected chi connectivity index (χ0v) is 21.8. The van der Waals surface area contributed by atoms with E-state index in [2.05, 4.69) is 76.4 Å². The van der Waals surface area contributed by atoms with E-state index in [4.69, 9.17) is 9.52 Å². The second kappa shape index (κ2) is 13.2. The third-order valence-corrected chi connectivity index (χ3v) is 5.44. The fourth-order valence-corrected chi connectivity index (χ4v) is 3.59. The largest absolute Gasteiger partial charge is 0.359 e. The Balaban J connectivity index is 0.00000363. The molecule has 2 heterocycles. The molecule has 32 heavy (non-hydrogen) atoms. The number of halogens is 1. The smallest absolute Gasteiger partial charge is 0.191 e. The van der Waals surface area contributed by atoms with Gasteiger partial charge in [0.05, 0.1) is 18.8 Å². The molecule has 0 atom stereocenters. The van der Waals surface area contributed by atoms with Gasteiger partial charge in [0.2, 0.25) is 0 Å². The van der Waals surface area contributed by atoms with Gasteiger partial charge in [-0.05, 0) is 37.8 Å². The standard InChI is InChI=1S/C24H34N6O.HI/c1-5-21(6-2)23-14-22(31-29-23)16-28-24(25-7-3)27-15-19-9-8-10-20(13-19)17-30-12-11-26-18(30)4;/h8-14,21H,5-7,15-17H2,1-4H3,(H2,25,27,28);1H. The van der Waals surface area contributed by atoms with Crippen molar-refractivity contribution >= 4 is 29.9 Å². The van der Waals surface area contributed by atoms with E-state index in [-0.39, 0.29) is 24.0 Å². The Morgan fingerprint density at radius 2 is 1.91 bits per heavy atom. The first-order valence-corrected chi connectivity index (χ1v) is 11.2. The van der Waals surface area contributed by atoms with Gasteiger partial charge in [-0.15, -0.1) is 24.0 Å². The summed E-state index contributed by atoms with van der Waals surface area (Å²) in [6, 6.07) is 10.6. The van der Waals surface area contributed by atoms with Crippen LogP contribution >= 0.6 is 24.0 Å². The van der Waals surface area contributed by atoms with Crippen LogP contribution < -0.4 is 10.6 Å². The molecule has 0 aliphatic rings. The van der Waals surface area contributed by atoms with Gasteiger partial charge < -0.3 is 19.7 Å². The normalized spacial score (nSPS) is 11.5. The molecule has 2 aromatic heterocycles. The summed E-state index contributed by atoms with van der Waals surface area (Å²) in [6.45, 7) is 11.2. The summed E-state index contributed by atoms with van der Waals surface area (Å²) in [5, 5.41) is 10.9. The van der Waals surface area contributed by atoms with Gasteiger partial charge in [-0.1, -0.05) is 43.3 Å². The van der Waals surface area contributed by atoms with E-state index in [1.165, 1.54) is 11.1 Å². The van der Waals surface area contributed by atoms with Crippen LogP contribution in [0.2, 0.25) is 0 Å². The number of aromatic nitrogens is 3. The summed E-state index contributed by atoms with van der Waals surface area (Å²) in [5.74, 6) is 3.06. The Morgan fingerprint density at radius 3 is 2.59 bits per heavy atom. The van der Waals surface area contributed by atoms with Gasteiger partial charge in [-0.2, -0.15) is 0 Å². The Bertz CT molecular complexity index is 976. The zero-order valence-electron chi connectivity index (χ0n) is 19.5. The summed E-state index contributed by atoms with van der Waals surface area (Å²) in [4.78, 5) is 9.04. The van der Waals surface area contributed by atoms with Gasteiger partial charge in [0.15, 0.2) is 11.7 Å². The van der Waals surface area contributed by atoms with E-state index in [1.54, 1.807) is 0 Å². The van der Waals surface area contributed by atoms with Crippen molar-refractivity contribution in [2.75, 3.05) is 6.54 Å². The molecule has 0 unspecified atom stereocenters. The minimum atomic E-state index is 0. The highest BCUT2D eigenvalue weighted by Crippen LogP contribution is 2.22. The first-order valence-electron chi connectivity index (χ1n) is 11.2. The molecule has 174 valence electrons. The van der Waals surface area contributed by atoms with Crippen molar-refractivity contribution < 1.29 is 4.52 Å². The van der Waals surface area contributed by atoms with E-state index in [1.807, 2.05) is 19.3 Å². The number of nitrogens with one attached hydrogen (secondary N) is 2. The van der Waals surface area contributed by atoms with E-state index >= 15 is 0 Å². The Kier molecular flexibility index (Phi) is 10.7. The summed E-state index contributed by atoms with van der Waals surface area (Å²) >= 11 is 0. The Morgan fingerprint density at radius 1 is 1.12 bits per heavy atom. The van der Waals surface area contributed by atoms with E-state index < -0.39 is 0 Å². The monoisotopic (exact) mass is 550 g/mol. The van der Waals surface area contributed by atoms with Gasteiger partial charge in [0, 0.05) is 37.5 Å². The predicted octanol–water partition coefficient (Wildman–Crippen LogP) is 5.00. The van der Waals surface area contributed by atoms with E-state index in [0.717, 1.165) is 49.2 Å². The average Bonchev–Trinajstić information content (AvgIpc) is 3.41. The molecule has 0 radical (unpaired) electrons. The Labute approximate surface area is 208 Å². The number of aryl methyl sites for hydroxylation is 1. The van der Waals surface area contributed by atoms with Crippen LogP contribution in [-0.4, -0.2) is 27.2 Å². The first-order chi connectivity index (χ1) is 15.1. The van der Waals surface area contributed by atoms with Gasteiger partial charge in [-0.3, -0.25) is 0 Å². The number of imidazole rings is 1.